The van der Waals surface area contributed by atoms with E-state index in [0.717, 1.165) is 0 Å². The third kappa shape index (κ3) is 5.39. The number of benzene rings is 4. The average molecular weight is 657 g/mol. The van der Waals surface area contributed by atoms with Crippen LogP contribution in [-0.2, 0) is 9.47 Å². The Kier molecular flexibility index (Phi) is 8.81. The number of carbonyl (C=O) groups excluding carboxylic acids is 2. The normalized spacial score (nSPS) is 20.7. The van der Waals surface area contributed by atoms with Crippen LogP contribution in [-0.4, -0.2) is 57.9 Å². The van der Waals surface area contributed by atoms with E-state index < -0.39 is 35.7 Å². The molecule has 0 spiro atoms. The van der Waals surface area contributed by atoms with Crippen molar-refractivity contribution in [2.45, 2.75) is 31.7 Å². The molecule has 4 aromatic carbocycles. The minimum atomic E-state index is -1.88. The molecule has 4 atom stereocenters. The van der Waals surface area contributed by atoms with Crippen LogP contribution in [0.25, 0.3) is 11.1 Å². The molecule has 11 heteroatoms. The highest BCUT2D eigenvalue weighted by molar-refractivity contribution is 5.93. The molecule has 0 saturated heterocycles. The standard InChI is InChI=1S/C37H36O11/c1-20-29(47-35(38)21-13-9-7-10-14-21)23-17-26-31(46-19-45-26)33(44-6)27(23)28-24(18-25(41-3)30(42-4)32(28)43-5)34(37(20,2)40)48-36(39)22-15-11-8-12-16-22/h7-18,20,29,34,40H,19H2,1-6H3/t20-,29+,34-,37-/m0/s1. The quantitative estimate of drug-likeness (QED) is 0.214. The minimum Gasteiger partial charge on any atom is -0.493 e. The van der Waals surface area contributed by atoms with E-state index in [4.69, 9.17) is 37.9 Å². The fourth-order valence-corrected chi connectivity index (χ4v) is 6.33. The van der Waals surface area contributed by atoms with E-state index in [1.54, 1.807) is 79.7 Å². The number of methoxy groups -OCH3 is 4. The third-order valence-electron chi connectivity index (χ3n) is 8.94. The Bertz CT molecular complexity index is 1840. The van der Waals surface area contributed by atoms with Crippen LogP contribution in [0.3, 0.4) is 0 Å². The number of aliphatic hydroxyl groups is 1. The van der Waals surface area contributed by atoms with Gasteiger partial charge in [0.15, 0.2) is 29.1 Å². The predicted octanol–water partition coefficient (Wildman–Crippen LogP) is 6.31. The Morgan fingerprint density at radius 1 is 0.729 bits per heavy atom. The number of carbonyl (C=O) groups is 2. The maximum absolute atomic E-state index is 13.7. The molecule has 0 fully saturated rings. The predicted molar refractivity (Wildman–Crippen MR) is 173 cm³/mol. The summed E-state index contributed by atoms with van der Waals surface area (Å²) in [5, 5.41) is 12.6. The molecule has 11 nitrogen and oxygen atoms in total. The highest BCUT2D eigenvalue weighted by atomic mass is 16.7. The van der Waals surface area contributed by atoms with Gasteiger partial charge in [0.05, 0.1) is 39.6 Å². The highest BCUT2D eigenvalue weighted by Crippen LogP contribution is 2.61. The Balaban J connectivity index is 1.71. The first kappa shape index (κ1) is 32.5. The third-order valence-corrected chi connectivity index (χ3v) is 8.94. The molecule has 250 valence electrons. The summed E-state index contributed by atoms with van der Waals surface area (Å²) in [5.41, 5.74) is 0.155. The number of rotatable bonds is 8. The first-order valence-corrected chi connectivity index (χ1v) is 15.2. The average Bonchev–Trinajstić information content (AvgIpc) is 3.59. The first-order valence-electron chi connectivity index (χ1n) is 15.2. The second-order valence-electron chi connectivity index (χ2n) is 11.6. The number of hydrogen-bond acceptors (Lipinski definition) is 11. The maximum Gasteiger partial charge on any atom is 0.338 e. The second-order valence-corrected chi connectivity index (χ2v) is 11.6. The largest absolute Gasteiger partial charge is 0.493 e. The van der Waals surface area contributed by atoms with Crippen molar-refractivity contribution in [3.63, 3.8) is 0 Å². The van der Waals surface area contributed by atoms with Crippen LogP contribution in [0.4, 0.5) is 0 Å². The molecule has 2 aliphatic rings. The summed E-state index contributed by atoms with van der Waals surface area (Å²) < 4.78 is 47.7. The smallest absolute Gasteiger partial charge is 0.338 e. The molecule has 1 aliphatic heterocycles. The molecule has 0 bridgehead atoms. The molecule has 1 heterocycles. The van der Waals surface area contributed by atoms with Gasteiger partial charge in [-0.2, -0.15) is 0 Å². The van der Waals surface area contributed by atoms with Crippen LogP contribution in [0.15, 0.2) is 72.8 Å². The summed E-state index contributed by atoms with van der Waals surface area (Å²) in [6.45, 7) is 3.17. The zero-order valence-corrected chi connectivity index (χ0v) is 27.4. The van der Waals surface area contributed by atoms with Gasteiger partial charge in [-0.15, -0.1) is 0 Å². The van der Waals surface area contributed by atoms with Crippen LogP contribution in [0.2, 0.25) is 0 Å². The first-order chi connectivity index (χ1) is 23.2. The van der Waals surface area contributed by atoms with Gasteiger partial charge in [0, 0.05) is 28.2 Å². The van der Waals surface area contributed by atoms with Gasteiger partial charge in [-0.3, -0.25) is 0 Å². The van der Waals surface area contributed by atoms with Crippen LogP contribution >= 0.6 is 0 Å². The Morgan fingerprint density at radius 3 is 1.85 bits per heavy atom. The summed E-state index contributed by atoms with van der Waals surface area (Å²) in [4.78, 5) is 27.5. The van der Waals surface area contributed by atoms with Gasteiger partial charge in [-0.1, -0.05) is 43.3 Å². The number of ether oxygens (including phenoxy) is 8. The van der Waals surface area contributed by atoms with Crippen molar-refractivity contribution in [3.05, 3.63) is 95.1 Å². The molecular formula is C37H36O11. The van der Waals surface area contributed by atoms with E-state index in [-0.39, 0.29) is 35.4 Å². The summed E-state index contributed by atoms with van der Waals surface area (Å²) in [7, 11) is 5.85. The van der Waals surface area contributed by atoms with E-state index in [0.29, 0.717) is 39.3 Å². The Morgan fingerprint density at radius 2 is 1.29 bits per heavy atom. The fraction of sp³-hybridized carbons (Fsp3) is 0.297. The van der Waals surface area contributed by atoms with E-state index in [1.165, 1.54) is 35.4 Å². The van der Waals surface area contributed by atoms with Gasteiger partial charge in [0.25, 0.3) is 0 Å². The molecule has 0 aromatic heterocycles. The van der Waals surface area contributed by atoms with E-state index >= 15 is 0 Å². The molecule has 1 N–H and O–H groups in total. The lowest BCUT2D eigenvalue weighted by atomic mass is 9.71. The molecule has 0 saturated carbocycles. The maximum atomic E-state index is 13.7. The van der Waals surface area contributed by atoms with Crippen LogP contribution < -0.4 is 28.4 Å². The Labute approximate surface area is 277 Å². The lowest BCUT2D eigenvalue weighted by Gasteiger charge is -2.44. The van der Waals surface area contributed by atoms with E-state index in [1.807, 2.05) is 0 Å². The van der Waals surface area contributed by atoms with Gasteiger partial charge in [0.1, 0.15) is 11.7 Å². The molecule has 0 radical (unpaired) electrons. The molecule has 1 aliphatic carbocycles. The van der Waals surface area contributed by atoms with Crippen LogP contribution in [0, 0.1) is 5.92 Å². The molecule has 6 rings (SSSR count). The second kappa shape index (κ2) is 13.0. The number of hydrogen-bond donors (Lipinski definition) is 1. The fourth-order valence-electron chi connectivity index (χ4n) is 6.33. The van der Waals surface area contributed by atoms with Crippen molar-refractivity contribution in [1.82, 2.24) is 0 Å². The topological polar surface area (TPSA) is 128 Å². The van der Waals surface area contributed by atoms with Gasteiger partial charge < -0.3 is 43.0 Å². The van der Waals surface area contributed by atoms with Crippen molar-refractivity contribution in [2.75, 3.05) is 35.2 Å². The van der Waals surface area contributed by atoms with Crippen LogP contribution in [0.5, 0.6) is 34.5 Å². The summed E-state index contributed by atoms with van der Waals surface area (Å²) >= 11 is 0. The van der Waals surface area contributed by atoms with Gasteiger partial charge >= 0.3 is 11.9 Å². The van der Waals surface area contributed by atoms with E-state index in [9.17, 15) is 14.7 Å². The highest BCUT2D eigenvalue weighted by Gasteiger charge is 2.51. The summed E-state index contributed by atoms with van der Waals surface area (Å²) in [5.74, 6) is -0.659. The molecular weight excluding hydrogens is 620 g/mol. The summed E-state index contributed by atoms with van der Waals surface area (Å²) in [6.07, 6.45) is -2.51. The van der Waals surface area contributed by atoms with Gasteiger partial charge in [-0.05, 0) is 43.3 Å². The molecule has 0 unspecified atom stereocenters. The number of fused-ring (bicyclic) bond motifs is 4. The van der Waals surface area contributed by atoms with Crippen molar-refractivity contribution in [1.29, 1.82) is 0 Å². The minimum absolute atomic E-state index is 0.0798. The van der Waals surface area contributed by atoms with Crippen molar-refractivity contribution >= 4 is 11.9 Å². The number of esters is 2. The van der Waals surface area contributed by atoms with Gasteiger partial charge in [0.2, 0.25) is 18.3 Å². The van der Waals surface area contributed by atoms with Gasteiger partial charge in [-0.25, -0.2) is 9.59 Å². The monoisotopic (exact) mass is 656 g/mol. The molecule has 0 amide bonds. The SMILES string of the molecule is COc1cc2c(c(OC)c1OC)-c1c(cc3c(c1OC)OCO3)[C@H](OC(=O)c1ccccc1)[C@H](C)[C@](C)(O)[C@H]2OC(=O)c1ccccc1. The molecule has 48 heavy (non-hydrogen) atoms. The zero-order valence-electron chi connectivity index (χ0n) is 27.4. The van der Waals surface area contributed by atoms with Crippen molar-refractivity contribution in [3.8, 4) is 45.6 Å². The summed E-state index contributed by atoms with van der Waals surface area (Å²) in [6, 6.07) is 20.3. The van der Waals surface area contributed by atoms with E-state index in [2.05, 4.69) is 0 Å². The van der Waals surface area contributed by atoms with Crippen LogP contribution in [0.1, 0.15) is 57.9 Å². The van der Waals surface area contributed by atoms with Crippen molar-refractivity contribution in [2.24, 2.45) is 5.92 Å². The molecule has 4 aromatic rings. The van der Waals surface area contributed by atoms with Crippen molar-refractivity contribution < 1.29 is 52.6 Å². The zero-order chi connectivity index (χ0) is 34.2. The lowest BCUT2D eigenvalue weighted by Crippen LogP contribution is -2.46. The lowest BCUT2D eigenvalue weighted by molar-refractivity contribution is -0.135. The Hall–Kier alpha value is -5.42.